The number of ketones is 1. The molecule has 0 saturated heterocycles. The molecule has 0 aliphatic heterocycles. The van der Waals surface area contributed by atoms with E-state index in [4.69, 9.17) is 15.2 Å². The average molecular weight is 498 g/mol. The molecule has 7 N–H and O–H groups in total. The van der Waals surface area contributed by atoms with Crippen molar-refractivity contribution in [1.29, 1.82) is 0 Å². The number of aliphatic hydroxyl groups is 1. The maximum Gasteiger partial charge on any atom is 0.200 e. The molecule has 0 amide bonds. The van der Waals surface area contributed by atoms with Gasteiger partial charge < -0.3 is 35.0 Å². The van der Waals surface area contributed by atoms with E-state index in [-0.39, 0.29) is 67.1 Å². The molecule has 192 valence electrons. The molecule has 0 aliphatic rings. The van der Waals surface area contributed by atoms with Gasteiger partial charge in [0.1, 0.15) is 24.9 Å². The van der Waals surface area contributed by atoms with Crippen LogP contribution in [0.4, 0.5) is 0 Å². The first-order valence-corrected chi connectivity index (χ1v) is 11.5. The van der Waals surface area contributed by atoms with Crippen molar-refractivity contribution in [2.75, 3.05) is 6.73 Å². The number of rotatable bonds is 13. The van der Waals surface area contributed by atoms with E-state index in [2.05, 4.69) is 0 Å². The quantitative estimate of drug-likeness (QED) is 0.154. The van der Waals surface area contributed by atoms with Crippen LogP contribution in [0.2, 0.25) is 0 Å². The zero-order valence-corrected chi connectivity index (χ0v) is 19.8. The fraction of sp³-hybridized carbons (Fsp3) is 0.296. The number of carbonyl (C=O) groups excluding carboxylic acids is 1. The van der Waals surface area contributed by atoms with Gasteiger partial charge in [-0.05, 0) is 72.4 Å². The molecular weight excluding hydrogens is 466 g/mol. The molecule has 0 radical (unpaired) electrons. The van der Waals surface area contributed by atoms with Crippen LogP contribution in [0.5, 0.6) is 34.5 Å². The minimum absolute atomic E-state index is 0.0187. The molecule has 0 unspecified atom stereocenters. The van der Waals surface area contributed by atoms with Crippen LogP contribution in [0.1, 0.15) is 36.0 Å². The van der Waals surface area contributed by atoms with Gasteiger partial charge in [-0.15, -0.1) is 0 Å². The number of ether oxygens (including phenoxy) is 2. The number of aryl methyl sites for hydroxylation is 2. The summed E-state index contributed by atoms with van der Waals surface area (Å²) in [5, 5.41) is 49.8. The summed E-state index contributed by atoms with van der Waals surface area (Å²) >= 11 is 0. The third-order valence-corrected chi connectivity index (χ3v) is 5.60. The van der Waals surface area contributed by atoms with Crippen molar-refractivity contribution in [2.24, 2.45) is 5.73 Å². The molecule has 0 fully saturated rings. The van der Waals surface area contributed by atoms with E-state index in [0.29, 0.717) is 24.0 Å². The number of benzene rings is 3. The van der Waals surface area contributed by atoms with Gasteiger partial charge >= 0.3 is 0 Å². The highest BCUT2D eigenvalue weighted by atomic mass is 16.5. The molecule has 0 spiro atoms. The minimum Gasteiger partial charge on any atom is -0.508 e. The monoisotopic (exact) mass is 497 g/mol. The molecule has 0 aliphatic carbocycles. The fourth-order valence-electron chi connectivity index (χ4n) is 3.71. The second-order valence-electron chi connectivity index (χ2n) is 8.47. The number of aliphatic hydroxyl groups excluding tert-OH is 1. The number of hydrogen-bond acceptors (Lipinski definition) is 9. The van der Waals surface area contributed by atoms with Gasteiger partial charge in [-0.1, -0.05) is 18.2 Å². The third kappa shape index (κ3) is 7.79. The summed E-state index contributed by atoms with van der Waals surface area (Å²) in [7, 11) is 0. The number of phenols is 4. The molecule has 9 heteroatoms. The summed E-state index contributed by atoms with van der Waals surface area (Å²) in [6.07, 6.45) is 0.379. The molecule has 36 heavy (non-hydrogen) atoms. The normalized spacial score (nSPS) is 11.7. The van der Waals surface area contributed by atoms with Gasteiger partial charge in [0.25, 0.3) is 0 Å². The van der Waals surface area contributed by atoms with E-state index in [1.807, 2.05) is 0 Å². The Morgan fingerprint density at radius 2 is 1.61 bits per heavy atom. The summed E-state index contributed by atoms with van der Waals surface area (Å²) in [5.74, 6) is -0.469. The fourth-order valence-corrected chi connectivity index (χ4v) is 3.71. The summed E-state index contributed by atoms with van der Waals surface area (Å²) in [5.41, 5.74) is 7.45. The van der Waals surface area contributed by atoms with Gasteiger partial charge in [-0.2, -0.15) is 0 Å². The summed E-state index contributed by atoms with van der Waals surface area (Å²) in [6, 6.07) is 14.2. The van der Waals surface area contributed by atoms with Crippen LogP contribution in [0.15, 0.2) is 54.6 Å². The number of Topliss-reactive ketones (excluding diaryl/α,β-unsaturated/α-hetero) is 1. The van der Waals surface area contributed by atoms with E-state index in [1.54, 1.807) is 30.3 Å². The van der Waals surface area contributed by atoms with Crippen LogP contribution < -0.4 is 15.2 Å². The van der Waals surface area contributed by atoms with Crippen LogP contribution in [-0.4, -0.2) is 44.2 Å². The van der Waals surface area contributed by atoms with Crippen molar-refractivity contribution in [3.05, 3.63) is 71.3 Å². The largest absolute Gasteiger partial charge is 0.508 e. The Labute approximate surface area is 209 Å². The maximum atomic E-state index is 12.3. The van der Waals surface area contributed by atoms with Crippen molar-refractivity contribution < 1.29 is 39.8 Å². The van der Waals surface area contributed by atoms with Crippen molar-refractivity contribution in [1.82, 2.24) is 0 Å². The summed E-state index contributed by atoms with van der Waals surface area (Å²) in [6.45, 7) is -0.00497. The van der Waals surface area contributed by atoms with E-state index in [0.717, 1.165) is 5.56 Å². The number of phenolic OH excluding ortho intramolecular Hbond substituents is 4. The highest BCUT2D eigenvalue weighted by Crippen LogP contribution is 2.37. The average Bonchev–Trinajstić information content (AvgIpc) is 2.84. The van der Waals surface area contributed by atoms with E-state index in [1.165, 1.54) is 24.3 Å². The van der Waals surface area contributed by atoms with Gasteiger partial charge in [-0.3, -0.25) is 10.5 Å². The van der Waals surface area contributed by atoms with Crippen LogP contribution in [-0.2, 0) is 24.2 Å². The Hall–Kier alpha value is -3.95. The Morgan fingerprint density at radius 1 is 0.833 bits per heavy atom. The third-order valence-electron chi connectivity index (χ3n) is 5.60. The maximum absolute atomic E-state index is 12.3. The van der Waals surface area contributed by atoms with Crippen LogP contribution in [0, 0.1) is 0 Å². The number of hydrogen-bond donors (Lipinski definition) is 6. The van der Waals surface area contributed by atoms with Gasteiger partial charge in [0.15, 0.2) is 23.0 Å². The van der Waals surface area contributed by atoms with Crippen LogP contribution >= 0.6 is 0 Å². The Morgan fingerprint density at radius 3 is 2.36 bits per heavy atom. The minimum atomic E-state index is -0.874. The van der Waals surface area contributed by atoms with Gasteiger partial charge in [0.05, 0.1) is 6.10 Å². The number of nitrogens with two attached hydrogens (primary N) is 1. The molecule has 3 rings (SSSR count). The van der Waals surface area contributed by atoms with E-state index in [9.17, 15) is 30.3 Å². The van der Waals surface area contributed by atoms with Gasteiger partial charge in [0.2, 0.25) is 5.75 Å². The van der Waals surface area contributed by atoms with Crippen LogP contribution in [0.25, 0.3) is 0 Å². The lowest BCUT2D eigenvalue weighted by atomic mass is 9.99. The lowest BCUT2D eigenvalue weighted by molar-refractivity contribution is -0.121. The predicted molar refractivity (Wildman–Crippen MR) is 132 cm³/mol. The first kappa shape index (κ1) is 26.7. The Kier molecular flexibility index (Phi) is 9.38. The van der Waals surface area contributed by atoms with Gasteiger partial charge in [0, 0.05) is 12.8 Å². The molecular formula is C27H31NO8. The van der Waals surface area contributed by atoms with Crippen molar-refractivity contribution in [3.8, 4) is 34.5 Å². The molecule has 0 saturated carbocycles. The second kappa shape index (κ2) is 12.7. The highest BCUT2D eigenvalue weighted by molar-refractivity contribution is 5.79. The molecule has 3 aromatic carbocycles. The van der Waals surface area contributed by atoms with Gasteiger partial charge in [-0.25, -0.2) is 0 Å². The first-order valence-electron chi connectivity index (χ1n) is 11.5. The molecule has 3 aromatic rings. The standard InChI is InChI=1S/C27H31NO8/c28-16-36-25-12-17(6-9-23(25)32)4-7-21(30)14-22(31)8-5-18-11-24(33)27(34)26(13-18)35-15-19-2-1-3-20(29)10-19/h1-3,6,9-13,22,29,31-34H,4-5,7-8,14-16,28H2/t22-/m1/s1. The zero-order chi connectivity index (χ0) is 26.1. The molecule has 0 aromatic heterocycles. The van der Waals surface area contributed by atoms with Crippen molar-refractivity contribution in [2.45, 2.75) is 44.8 Å². The first-order chi connectivity index (χ1) is 17.2. The Bertz CT molecular complexity index is 1180. The molecule has 0 heterocycles. The van der Waals surface area contributed by atoms with Crippen LogP contribution in [0.3, 0.4) is 0 Å². The Balaban J connectivity index is 1.50. The predicted octanol–water partition coefficient (Wildman–Crippen LogP) is 3.27. The number of carbonyl (C=O) groups is 1. The van der Waals surface area contributed by atoms with E-state index < -0.39 is 11.9 Å². The van der Waals surface area contributed by atoms with Crippen molar-refractivity contribution >= 4 is 5.78 Å². The smallest absolute Gasteiger partial charge is 0.200 e. The molecule has 0 bridgehead atoms. The lowest BCUT2D eigenvalue weighted by Crippen LogP contribution is -2.15. The van der Waals surface area contributed by atoms with E-state index >= 15 is 0 Å². The topological polar surface area (TPSA) is 163 Å². The summed E-state index contributed by atoms with van der Waals surface area (Å²) in [4.78, 5) is 12.3. The second-order valence-corrected chi connectivity index (χ2v) is 8.47. The van der Waals surface area contributed by atoms with Crippen molar-refractivity contribution in [3.63, 3.8) is 0 Å². The SMILES string of the molecule is NCOc1cc(CCC(=O)C[C@H](O)CCc2cc(O)c(O)c(OCc3cccc(O)c3)c2)ccc1O. The number of aromatic hydroxyl groups is 4. The highest BCUT2D eigenvalue weighted by Gasteiger charge is 2.15. The molecule has 9 nitrogen and oxygen atoms in total. The lowest BCUT2D eigenvalue weighted by Gasteiger charge is -2.14. The summed E-state index contributed by atoms with van der Waals surface area (Å²) < 4.78 is 10.7. The zero-order valence-electron chi connectivity index (χ0n) is 19.8. The molecule has 1 atom stereocenters.